The molecular formula is C11H8N4. The van der Waals surface area contributed by atoms with Crippen molar-refractivity contribution < 1.29 is 0 Å². The lowest BCUT2D eigenvalue weighted by molar-refractivity contribution is 0.914. The van der Waals surface area contributed by atoms with Crippen LogP contribution < -0.4 is 0 Å². The summed E-state index contributed by atoms with van der Waals surface area (Å²) in [4.78, 5) is 7.52. The fraction of sp³-hybridized carbons (Fsp3) is 0.273. The van der Waals surface area contributed by atoms with E-state index in [9.17, 15) is 0 Å². The van der Waals surface area contributed by atoms with Gasteiger partial charge < -0.3 is 0 Å². The standard InChI is InChI=1S/C11H8N4/c12-6-14-10-4-5-11(15-7-13)9-3-1-2-8(9)10/h4-5H,1-3H2. The van der Waals surface area contributed by atoms with Gasteiger partial charge in [-0.3, -0.25) is 0 Å². The van der Waals surface area contributed by atoms with Gasteiger partial charge in [-0.1, -0.05) is 0 Å². The zero-order valence-corrected chi connectivity index (χ0v) is 8.06. The molecule has 0 aliphatic heterocycles. The highest BCUT2D eigenvalue weighted by molar-refractivity contribution is 6.24. The van der Waals surface area contributed by atoms with E-state index in [-0.39, 0.29) is 0 Å². The predicted molar refractivity (Wildman–Crippen MR) is 56.1 cm³/mol. The first-order valence-corrected chi connectivity index (χ1v) is 4.71. The van der Waals surface area contributed by atoms with E-state index in [2.05, 4.69) is 9.98 Å². The van der Waals surface area contributed by atoms with Crippen LogP contribution in [-0.4, -0.2) is 11.4 Å². The molecule has 0 saturated carbocycles. The highest BCUT2D eigenvalue weighted by atomic mass is 14.8. The first-order valence-electron chi connectivity index (χ1n) is 4.71. The highest BCUT2D eigenvalue weighted by Crippen LogP contribution is 2.31. The summed E-state index contributed by atoms with van der Waals surface area (Å²) in [6, 6.07) is 0. The molecular weight excluding hydrogens is 188 g/mol. The van der Waals surface area contributed by atoms with E-state index >= 15 is 0 Å². The summed E-state index contributed by atoms with van der Waals surface area (Å²) in [5, 5.41) is 17.1. The van der Waals surface area contributed by atoms with Gasteiger partial charge in [0.1, 0.15) is 0 Å². The molecule has 0 N–H and O–H groups in total. The predicted octanol–water partition coefficient (Wildman–Crippen LogP) is 1.88. The van der Waals surface area contributed by atoms with Crippen molar-refractivity contribution in [2.45, 2.75) is 19.3 Å². The van der Waals surface area contributed by atoms with Crippen molar-refractivity contribution in [2.75, 3.05) is 0 Å². The minimum Gasteiger partial charge on any atom is -0.173 e. The van der Waals surface area contributed by atoms with E-state index in [0.717, 1.165) is 41.8 Å². The highest BCUT2D eigenvalue weighted by Gasteiger charge is 2.24. The van der Waals surface area contributed by atoms with Gasteiger partial charge in [0.05, 0.1) is 11.4 Å². The monoisotopic (exact) mass is 196 g/mol. The summed E-state index contributed by atoms with van der Waals surface area (Å²) in [7, 11) is 0. The number of nitrogens with zero attached hydrogens (tertiary/aromatic N) is 4. The van der Waals surface area contributed by atoms with Crippen molar-refractivity contribution in [2.24, 2.45) is 9.98 Å². The Hall–Kier alpha value is -2.20. The Morgan fingerprint density at radius 1 is 0.933 bits per heavy atom. The minimum atomic E-state index is 0.724. The van der Waals surface area contributed by atoms with Crippen LogP contribution in [0.1, 0.15) is 19.3 Å². The number of hydrogen-bond donors (Lipinski definition) is 0. The maximum Gasteiger partial charge on any atom is 0.206 e. The zero-order valence-electron chi connectivity index (χ0n) is 8.06. The molecule has 15 heavy (non-hydrogen) atoms. The average Bonchev–Trinajstić information content (AvgIpc) is 2.71. The second-order valence-electron chi connectivity index (χ2n) is 3.34. The average molecular weight is 196 g/mol. The van der Waals surface area contributed by atoms with Gasteiger partial charge in [-0.05, 0) is 42.6 Å². The Kier molecular flexibility index (Phi) is 2.43. The van der Waals surface area contributed by atoms with E-state index in [1.807, 2.05) is 0 Å². The third-order valence-corrected chi connectivity index (χ3v) is 2.58. The fourth-order valence-electron chi connectivity index (χ4n) is 1.99. The molecule has 4 nitrogen and oxygen atoms in total. The lowest BCUT2D eigenvalue weighted by Crippen LogP contribution is -2.10. The van der Waals surface area contributed by atoms with Crippen LogP contribution in [0.15, 0.2) is 33.3 Å². The molecule has 0 bridgehead atoms. The molecule has 2 aliphatic rings. The van der Waals surface area contributed by atoms with E-state index in [1.54, 1.807) is 24.5 Å². The van der Waals surface area contributed by atoms with Gasteiger partial charge in [0, 0.05) is 0 Å². The Bertz CT molecular complexity index is 448. The third kappa shape index (κ3) is 1.58. The molecule has 0 saturated heterocycles. The van der Waals surface area contributed by atoms with Gasteiger partial charge in [-0.15, -0.1) is 0 Å². The fourth-order valence-corrected chi connectivity index (χ4v) is 1.99. The molecule has 0 aromatic heterocycles. The topological polar surface area (TPSA) is 72.3 Å². The Labute approximate surface area is 87.6 Å². The Balaban J connectivity index is 2.48. The Morgan fingerprint density at radius 2 is 1.40 bits per heavy atom. The summed E-state index contributed by atoms with van der Waals surface area (Å²) in [5.41, 5.74) is 3.60. The second-order valence-corrected chi connectivity index (χ2v) is 3.34. The molecule has 0 amide bonds. The third-order valence-electron chi connectivity index (χ3n) is 2.58. The van der Waals surface area contributed by atoms with Crippen molar-refractivity contribution in [3.05, 3.63) is 23.3 Å². The van der Waals surface area contributed by atoms with Crippen molar-refractivity contribution in [1.82, 2.24) is 0 Å². The SMILES string of the molecule is N#CN=C1C=CC(=NC#N)C2=C1CCC2. The molecule has 0 unspecified atom stereocenters. The van der Waals surface area contributed by atoms with Crippen LogP contribution in [0.3, 0.4) is 0 Å². The van der Waals surface area contributed by atoms with Crippen LogP contribution in [0.5, 0.6) is 0 Å². The summed E-state index contributed by atoms with van der Waals surface area (Å²) in [5.74, 6) is 0. The van der Waals surface area contributed by atoms with Crippen LogP contribution in [0.25, 0.3) is 0 Å². The molecule has 0 fully saturated rings. The number of rotatable bonds is 0. The zero-order chi connectivity index (χ0) is 10.7. The summed E-state index contributed by atoms with van der Waals surface area (Å²) < 4.78 is 0. The summed E-state index contributed by atoms with van der Waals surface area (Å²) in [6.45, 7) is 0. The summed E-state index contributed by atoms with van der Waals surface area (Å²) >= 11 is 0. The molecule has 0 aromatic carbocycles. The number of nitriles is 2. The van der Waals surface area contributed by atoms with E-state index in [1.165, 1.54) is 0 Å². The van der Waals surface area contributed by atoms with Gasteiger partial charge in [0.2, 0.25) is 12.4 Å². The van der Waals surface area contributed by atoms with Gasteiger partial charge in [-0.25, -0.2) is 0 Å². The van der Waals surface area contributed by atoms with Crippen LogP contribution in [0.4, 0.5) is 0 Å². The van der Waals surface area contributed by atoms with Crippen LogP contribution in [0.2, 0.25) is 0 Å². The van der Waals surface area contributed by atoms with Crippen molar-refractivity contribution in [3.8, 4) is 12.4 Å². The van der Waals surface area contributed by atoms with E-state index in [0.29, 0.717) is 0 Å². The minimum absolute atomic E-state index is 0.724. The lowest BCUT2D eigenvalue weighted by Gasteiger charge is -2.10. The van der Waals surface area contributed by atoms with Gasteiger partial charge >= 0.3 is 0 Å². The normalized spacial score (nSPS) is 24.1. The van der Waals surface area contributed by atoms with Crippen molar-refractivity contribution in [1.29, 1.82) is 10.5 Å². The van der Waals surface area contributed by atoms with E-state index in [4.69, 9.17) is 10.5 Å². The molecule has 2 rings (SSSR count). The molecule has 0 radical (unpaired) electrons. The number of allylic oxidation sites excluding steroid dienone is 4. The number of hydrogen-bond acceptors (Lipinski definition) is 4. The van der Waals surface area contributed by atoms with Crippen molar-refractivity contribution >= 4 is 11.4 Å². The van der Waals surface area contributed by atoms with Gasteiger partial charge in [0.15, 0.2) is 0 Å². The maximum absolute atomic E-state index is 8.53. The largest absolute Gasteiger partial charge is 0.206 e. The van der Waals surface area contributed by atoms with Gasteiger partial charge in [-0.2, -0.15) is 20.5 Å². The second kappa shape index (κ2) is 3.89. The first kappa shape index (κ1) is 9.36. The quantitative estimate of drug-likeness (QED) is 0.438. The smallest absolute Gasteiger partial charge is 0.173 e. The Morgan fingerprint density at radius 3 is 1.80 bits per heavy atom. The maximum atomic E-state index is 8.53. The van der Waals surface area contributed by atoms with E-state index < -0.39 is 0 Å². The molecule has 4 heteroatoms. The molecule has 0 spiro atoms. The van der Waals surface area contributed by atoms with Crippen LogP contribution >= 0.6 is 0 Å². The molecule has 0 aromatic rings. The molecule has 0 heterocycles. The first-order chi connectivity index (χ1) is 7.36. The van der Waals surface area contributed by atoms with Crippen LogP contribution in [0, 0.1) is 22.9 Å². The van der Waals surface area contributed by atoms with Crippen molar-refractivity contribution in [3.63, 3.8) is 0 Å². The van der Waals surface area contributed by atoms with Gasteiger partial charge in [0.25, 0.3) is 0 Å². The lowest BCUT2D eigenvalue weighted by atomic mass is 9.96. The molecule has 0 atom stereocenters. The molecule has 72 valence electrons. The van der Waals surface area contributed by atoms with Crippen LogP contribution in [-0.2, 0) is 0 Å². The molecule has 2 aliphatic carbocycles. The number of aliphatic imine (C=N–C) groups is 2. The summed E-state index contributed by atoms with van der Waals surface area (Å²) in [6.07, 6.45) is 9.98.